The van der Waals surface area contributed by atoms with Crippen molar-refractivity contribution in [2.45, 2.75) is 32.1 Å². The molecule has 0 saturated carbocycles. The van der Waals surface area contributed by atoms with Crippen molar-refractivity contribution in [3.63, 3.8) is 0 Å². The van der Waals surface area contributed by atoms with Gasteiger partial charge in [-0.25, -0.2) is 0 Å². The molecule has 2 aromatic heterocycles. The number of carbonyl (C=O) groups is 3. The minimum absolute atomic E-state index is 0.213. The molecule has 1 atom stereocenters. The second kappa shape index (κ2) is 7.56. The number of nitrogens with zero attached hydrogens (tertiary/aromatic N) is 1. The Kier molecular flexibility index (Phi) is 4.98. The highest BCUT2D eigenvalue weighted by Gasteiger charge is 2.30. The third kappa shape index (κ3) is 3.75. The van der Waals surface area contributed by atoms with Gasteiger partial charge in [-0.15, -0.1) is 11.3 Å². The van der Waals surface area contributed by atoms with E-state index in [4.69, 9.17) is 4.42 Å². The molecular weight excluding hydrogens is 366 g/mol. The number of carbonyl (C=O) groups excluding carboxylic acids is 3. The molecule has 1 aliphatic carbocycles. The van der Waals surface area contributed by atoms with Gasteiger partial charge in [0.05, 0.1) is 17.1 Å². The largest absolute Gasteiger partial charge is 0.459 e. The first-order valence-corrected chi connectivity index (χ1v) is 9.98. The van der Waals surface area contributed by atoms with Crippen LogP contribution in [0.1, 0.15) is 49.9 Å². The lowest BCUT2D eigenvalue weighted by Gasteiger charge is -2.31. The average molecular weight is 387 g/mol. The molecule has 0 aromatic carbocycles. The standard InChI is InChI=1S/C19H21N3O4S/c23-17(20-21-18(24)16-10-12-4-1-7-15(12)27-16)13-5-2-8-22(11-13)19(25)14-6-3-9-26-14/h3,6,9-10,13H,1-2,4-5,7-8,11H2,(H,20,23)(H,21,24)/t13-/m1/s1. The zero-order valence-electron chi connectivity index (χ0n) is 14.8. The molecule has 2 aromatic rings. The molecule has 8 heteroatoms. The van der Waals surface area contributed by atoms with Crippen LogP contribution in [0.25, 0.3) is 0 Å². The summed E-state index contributed by atoms with van der Waals surface area (Å²) in [5, 5.41) is 0. The third-order valence-electron chi connectivity index (χ3n) is 5.08. The van der Waals surface area contributed by atoms with E-state index in [9.17, 15) is 14.4 Å². The molecule has 2 aliphatic rings. The van der Waals surface area contributed by atoms with Crippen LogP contribution in [0.4, 0.5) is 0 Å². The van der Waals surface area contributed by atoms with Gasteiger partial charge in [0.1, 0.15) is 0 Å². The highest BCUT2D eigenvalue weighted by atomic mass is 32.1. The van der Waals surface area contributed by atoms with Crippen LogP contribution < -0.4 is 10.9 Å². The Morgan fingerprint density at radius 2 is 2.07 bits per heavy atom. The molecule has 0 unspecified atom stereocenters. The molecule has 3 heterocycles. The van der Waals surface area contributed by atoms with Crippen molar-refractivity contribution < 1.29 is 18.8 Å². The van der Waals surface area contributed by atoms with Crippen LogP contribution in [-0.4, -0.2) is 35.7 Å². The fourth-order valence-corrected chi connectivity index (χ4v) is 4.80. The number of furan rings is 1. The number of hydrazine groups is 1. The van der Waals surface area contributed by atoms with E-state index in [1.807, 2.05) is 6.07 Å². The normalized spacial score (nSPS) is 18.8. The molecular formula is C19H21N3O4S. The summed E-state index contributed by atoms with van der Waals surface area (Å²) in [6.45, 7) is 0.908. The summed E-state index contributed by atoms with van der Waals surface area (Å²) >= 11 is 1.49. The molecule has 2 N–H and O–H groups in total. The third-order valence-corrected chi connectivity index (χ3v) is 6.32. The molecule has 1 saturated heterocycles. The first-order chi connectivity index (χ1) is 13.1. The Labute approximate surface area is 160 Å². The van der Waals surface area contributed by atoms with Crippen LogP contribution >= 0.6 is 11.3 Å². The quantitative estimate of drug-likeness (QED) is 0.790. The monoisotopic (exact) mass is 387 g/mol. The molecule has 0 spiro atoms. The minimum Gasteiger partial charge on any atom is -0.459 e. The van der Waals surface area contributed by atoms with Crippen LogP contribution in [0.15, 0.2) is 28.9 Å². The Balaban J connectivity index is 1.31. The van der Waals surface area contributed by atoms with E-state index >= 15 is 0 Å². The van der Waals surface area contributed by atoms with Crippen LogP contribution in [-0.2, 0) is 17.6 Å². The zero-order valence-corrected chi connectivity index (χ0v) is 15.6. The minimum atomic E-state index is -0.355. The topological polar surface area (TPSA) is 91.7 Å². The molecule has 27 heavy (non-hydrogen) atoms. The van der Waals surface area contributed by atoms with Gasteiger partial charge >= 0.3 is 0 Å². The number of hydrogen-bond donors (Lipinski definition) is 2. The van der Waals surface area contributed by atoms with Crippen molar-refractivity contribution >= 4 is 29.1 Å². The van der Waals surface area contributed by atoms with Gasteiger partial charge in [-0.3, -0.25) is 25.2 Å². The molecule has 7 nitrogen and oxygen atoms in total. The smallest absolute Gasteiger partial charge is 0.289 e. The van der Waals surface area contributed by atoms with Crippen molar-refractivity contribution in [2.24, 2.45) is 5.92 Å². The molecule has 4 rings (SSSR count). The summed E-state index contributed by atoms with van der Waals surface area (Å²) in [5.41, 5.74) is 6.27. The van der Waals surface area contributed by atoms with Gasteiger partial charge in [0.2, 0.25) is 5.91 Å². The Hall–Kier alpha value is -2.61. The van der Waals surface area contributed by atoms with Gasteiger partial charge in [-0.1, -0.05) is 0 Å². The number of fused-ring (bicyclic) bond motifs is 1. The van der Waals surface area contributed by atoms with Gasteiger partial charge in [0.15, 0.2) is 5.76 Å². The van der Waals surface area contributed by atoms with Gasteiger partial charge in [-0.2, -0.15) is 0 Å². The van der Waals surface area contributed by atoms with Crippen LogP contribution in [0.2, 0.25) is 0 Å². The first-order valence-electron chi connectivity index (χ1n) is 9.16. The van der Waals surface area contributed by atoms with Crippen molar-refractivity contribution in [2.75, 3.05) is 13.1 Å². The van der Waals surface area contributed by atoms with Crippen LogP contribution in [0, 0.1) is 5.92 Å². The fourth-order valence-electron chi connectivity index (χ4n) is 3.65. The van der Waals surface area contributed by atoms with Gasteiger partial charge < -0.3 is 9.32 Å². The summed E-state index contributed by atoms with van der Waals surface area (Å²) in [6.07, 6.45) is 6.06. The molecule has 0 radical (unpaired) electrons. The van der Waals surface area contributed by atoms with Gasteiger partial charge in [0.25, 0.3) is 11.8 Å². The zero-order chi connectivity index (χ0) is 18.8. The van der Waals surface area contributed by atoms with Crippen molar-refractivity contribution in [1.82, 2.24) is 15.8 Å². The lowest BCUT2D eigenvalue weighted by molar-refractivity contribution is -0.127. The second-order valence-corrected chi connectivity index (χ2v) is 8.06. The van der Waals surface area contributed by atoms with E-state index in [0.717, 1.165) is 25.7 Å². The van der Waals surface area contributed by atoms with Crippen molar-refractivity contribution in [1.29, 1.82) is 0 Å². The van der Waals surface area contributed by atoms with E-state index in [-0.39, 0.29) is 29.4 Å². The highest BCUT2D eigenvalue weighted by Crippen LogP contribution is 2.30. The number of amides is 3. The summed E-state index contributed by atoms with van der Waals surface area (Å²) in [5.74, 6) is -0.859. The van der Waals surface area contributed by atoms with Gasteiger partial charge in [0, 0.05) is 18.0 Å². The molecule has 1 fully saturated rings. The fraction of sp³-hybridized carbons (Fsp3) is 0.421. The van der Waals surface area contributed by atoms with Gasteiger partial charge in [-0.05, 0) is 55.9 Å². The van der Waals surface area contributed by atoms with Crippen LogP contribution in [0.5, 0.6) is 0 Å². The lowest BCUT2D eigenvalue weighted by Crippen LogP contribution is -2.49. The highest BCUT2D eigenvalue weighted by molar-refractivity contribution is 7.14. The first kappa shape index (κ1) is 17.8. The number of hydrogen-bond acceptors (Lipinski definition) is 5. The Morgan fingerprint density at radius 3 is 2.85 bits per heavy atom. The van der Waals surface area contributed by atoms with E-state index < -0.39 is 0 Å². The summed E-state index contributed by atoms with van der Waals surface area (Å²) in [6, 6.07) is 5.20. The lowest BCUT2D eigenvalue weighted by atomic mass is 9.97. The number of nitrogens with one attached hydrogen (secondary N) is 2. The summed E-state index contributed by atoms with van der Waals surface area (Å²) in [7, 11) is 0. The van der Waals surface area contributed by atoms with E-state index in [2.05, 4.69) is 10.9 Å². The van der Waals surface area contributed by atoms with Crippen molar-refractivity contribution in [3.05, 3.63) is 45.5 Å². The number of aryl methyl sites for hydroxylation is 2. The molecule has 142 valence electrons. The summed E-state index contributed by atoms with van der Waals surface area (Å²) < 4.78 is 5.15. The maximum atomic E-state index is 12.4. The maximum absolute atomic E-state index is 12.4. The number of piperidine rings is 1. The van der Waals surface area contributed by atoms with Crippen LogP contribution in [0.3, 0.4) is 0 Å². The molecule has 3 amide bonds. The Bertz CT molecular complexity index is 837. The second-order valence-electron chi connectivity index (χ2n) is 6.92. The predicted molar refractivity (Wildman–Crippen MR) is 99.3 cm³/mol. The number of thiophene rings is 1. The van der Waals surface area contributed by atoms with Crippen molar-refractivity contribution in [3.8, 4) is 0 Å². The van der Waals surface area contributed by atoms with E-state index in [1.165, 1.54) is 28.0 Å². The SMILES string of the molecule is O=C(NNC(=O)[C@@H]1CCCN(C(=O)c2ccco2)C1)c1cc2c(s1)CCC2. The average Bonchev–Trinajstić information content (AvgIpc) is 3.42. The van der Waals surface area contributed by atoms with E-state index in [1.54, 1.807) is 17.0 Å². The predicted octanol–water partition coefficient (Wildman–Crippen LogP) is 2.14. The number of rotatable bonds is 3. The number of likely N-dealkylation sites (tertiary alicyclic amines) is 1. The summed E-state index contributed by atoms with van der Waals surface area (Å²) in [4.78, 5) is 40.6. The molecule has 0 bridgehead atoms. The maximum Gasteiger partial charge on any atom is 0.289 e. The Morgan fingerprint density at radius 1 is 1.19 bits per heavy atom. The van der Waals surface area contributed by atoms with E-state index in [0.29, 0.717) is 24.4 Å². The molecule has 1 aliphatic heterocycles.